The van der Waals surface area contributed by atoms with Crippen LogP contribution in [0.25, 0.3) is 0 Å². The fourth-order valence-electron chi connectivity index (χ4n) is 0.227. The van der Waals surface area contributed by atoms with Crippen molar-refractivity contribution in [1.82, 2.24) is 0 Å². The van der Waals surface area contributed by atoms with Gasteiger partial charge >= 0.3 is 41.5 Å². The molecule has 0 aromatic heterocycles. The van der Waals surface area contributed by atoms with Crippen LogP contribution in [0.1, 0.15) is 15.3 Å². The van der Waals surface area contributed by atoms with Crippen molar-refractivity contribution in [3.63, 3.8) is 0 Å². The first-order valence-corrected chi connectivity index (χ1v) is 2.44. The Morgan fingerprint density at radius 3 is 2.10 bits per heavy atom. The summed E-state index contributed by atoms with van der Waals surface area (Å²) in [4.78, 5) is 20.3. The molecule has 1 atom stereocenters. The first-order chi connectivity index (χ1) is 4.04. The number of ether oxygens (including phenoxy) is 1. The summed E-state index contributed by atoms with van der Waals surface area (Å²) in [6.07, 6.45) is -1.23. The quantitative estimate of drug-likeness (QED) is 0.244. The first kappa shape index (κ1) is 12.7. The Balaban J connectivity index is -0.000000320. The van der Waals surface area contributed by atoms with E-state index in [9.17, 15) is 9.59 Å². The van der Waals surface area contributed by atoms with E-state index in [1.54, 1.807) is 0 Å². The molecule has 0 spiro atoms. The van der Waals surface area contributed by atoms with Gasteiger partial charge in [0.05, 0.1) is 0 Å². The molecule has 0 saturated carbocycles. The van der Waals surface area contributed by atoms with Crippen molar-refractivity contribution in [1.29, 1.82) is 0 Å². The molecule has 0 fully saturated rings. The molecule has 10 heavy (non-hydrogen) atoms. The van der Waals surface area contributed by atoms with Crippen LogP contribution < -0.4 is 29.6 Å². The minimum atomic E-state index is -1.23. The molecule has 0 aliphatic heterocycles. The van der Waals surface area contributed by atoms with Crippen molar-refractivity contribution in [2.24, 2.45) is 0 Å². The second-order valence-electron chi connectivity index (χ2n) is 1.59. The number of carbonyl (C=O) groups is 2. The van der Waals surface area contributed by atoms with Gasteiger partial charge in [0.15, 0.2) is 0 Å². The molecule has 0 saturated heterocycles. The van der Waals surface area contributed by atoms with E-state index in [1.807, 2.05) is 0 Å². The molecule has 1 N–H and O–H groups in total. The fraction of sp³-hybridized carbons (Fsp3) is 0.600. The van der Waals surface area contributed by atoms with E-state index < -0.39 is 18.0 Å². The smallest absolute Gasteiger partial charge is 1.00 e. The van der Waals surface area contributed by atoms with Gasteiger partial charge in [-0.1, -0.05) is 0 Å². The molecule has 0 aromatic carbocycles. The van der Waals surface area contributed by atoms with Crippen LogP contribution in [0.5, 0.6) is 0 Å². The molecule has 54 valence electrons. The van der Waals surface area contributed by atoms with Crippen molar-refractivity contribution in [3.8, 4) is 0 Å². The first-order valence-electron chi connectivity index (χ1n) is 2.44. The topological polar surface area (TPSA) is 63.6 Å². The molecule has 0 bridgehead atoms. The zero-order valence-electron chi connectivity index (χ0n) is 7.25. The summed E-state index contributed by atoms with van der Waals surface area (Å²) in [6, 6.07) is 0. The zero-order chi connectivity index (χ0) is 7.44. The van der Waals surface area contributed by atoms with E-state index >= 15 is 0 Å². The summed E-state index contributed by atoms with van der Waals surface area (Å²) in [6.45, 7) is 2.32. The maximum absolute atomic E-state index is 10.3. The van der Waals surface area contributed by atoms with E-state index in [4.69, 9.17) is 5.11 Å². The SMILES string of the molecule is CC(=O)OC(=O)C(C)O.[H-].[Na+]. The molecule has 0 radical (unpaired) electrons. The zero-order valence-corrected chi connectivity index (χ0v) is 8.25. The Labute approximate surface area is 82.3 Å². The van der Waals surface area contributed by atoms with Gasteiger partial charge in [-0.25, -0.2) is 4.79 Å². The molecule has 1 unspecified atom stereocenters. The van der Waals surface area contributed by atoms with Crippen molar-refractivity contribution >= 4 is 11.9 Å². The van der Waals surface area contributed by atoms with Crippen LogP contribution >= 0.6 is 0 Å². The minimum absolute atomic E-state index is 0. The molecule has 0 aromatic rings. The van der Waals surface area contributed by atoms with Crippen molar-refractivity contribution in [2.75, 3.05) is 0 Å². The molecule has 0 rings (SSSR count). The monoisotopic (exact) mass is 156 g/mol. The number of hydrogen-bond donors (Lipinski definition) is 1. The number of rotatable bonds is 1. The summed E-state index contributed by atoms with van der Waals surface area (Å²) in [7, 11) is 0. The maximum atomic E-state index is 10.3. The predicted molar refractivity (Wildman–Crippen MR) is 29.6 cm³/mol. The van der Waals surface area contributed by atoms with Gasteiger partial charge < -0.3 is 11.3 Å². The van der Waals surface area contributed by atoms with E-state index in [-0.39, 0.29) is 31.0 Å². The largest absolute Gasteiger partial charge is 1.00 e. The Kier molecular flexibility index (Phi) is 7.46. The Hall–Kier alpha value is 0.1000. The van der Waals surface area contributed by atoms with Gasteiger partial charge in [0, 0.05) is 6.92 Å². The Morgan fingerprint density at radius 1 is 1.60 bits per heavy atom. The van der Waals surface area contributed by atoms with Crippen LogP contribution in [0.15, 0.2) is 0 Å². The minimum Gasteiger partial charge on any atom is -1.00 e. The standard InChI is InChI=1S/C5H8O4.Na.H/c1-3(6)5(8)9-4(2)7;;/h3,6H,1-2H3;;/q;+1;-1. The van der Waals surface area contributed by atoms with Crippen molar-refractivity contribution in [3.05, 3.63) is 0 Å². The summed E-state index contributed by atoms with van der Waals surface area (Å²) >= 11 is 0. The number of aliphatic hydroxyl groups is 1. The van der Waals surface area contributed by atoms with Crippen molar-refractivity contribution in [2.45, 2.75) is 20.0 Å². The van der Waals surface area contributed by atoms with E-state index in [0.717, 1.165) is 6.92 Å². The van der Waals surface area contributed by atoms with Crippen LogP contribution in [-0.2, 0) is 14.3 Å². The van der Waals surface area contributed by atoms with E-state index in [2.05, 4.69) is 4.74 Å². The molecular formula is C5H9NaO4. The summed E-state index contributed by atoms with van der Waals surface area (Å²) < 4.78 is 3.98. The molecule has 5 heteroatoms. The molecular weight excluding hydrogens is 147 g/mol. The van der Waals surface area contributed by atoms with E-state index in [1.165, 1.54) is 6.92 Å². The van der Waals surface area contributed by atoms with Gasteiger partial charge in [-0.2, -0.15) is 0 Å². The third-order valence-electron chi connectivity index (χ3n) is 0.585. The third kappa shape index (κ3) is 6.22. The van der Waals surface area contributed by atoms with Gasteiger partial charge in [-0.3, -0.25) is 4.79 Å². The van der Waals surface area contributed by atoms with E-state index in [0.29, 0.717) is 0 Å². The average Bonchev–Trinajstić information content (AvgIpc) is 1.63. The molecule has 0 amide bonds. The predicted octanol–water partition coefficient (Wildman–Crippen LogP) is -3.43. The van der Waals surface area contributed by atoms with Crippen LogP contribution in [0, 0.1) is 0 Å². The van der Waals surface area contributed by atoms with Gasteiger partial charge in [0.25, 0.3) is 0 Å². The molecule has 0 aliphatic carbocycles. The van der Waals surface area contributed by atoms with Gasteiger partial charge in [-0.15, -0.1) is 0 Å². The normalized spacial score (nSPS) is 11.1. The average molecular weight is 156 g/mol. The fourth-order valence-corrected chi connectivity index (χ4v) is 0.227. The molecule has 0 heterocycles. The van der Waals surface area contributed by atoms with Crippen LogP contribution in [0.3, 0.4) is 0 Å². The van der Waals surface area contributed by atoms with Crippen LogP contribution in [0.2, 0.25) is 0 Å². The van der Waals surface area contributed by atoms with Gasteiger partial charge in [0.1, 0.15) is 6.10 Å². The molecule has 4 nitrogen and oxygen atoms in total. The van der Waals surface area contributed by atoms with Gasteiger partial charge in [-0.05, 0) is 6.92 Å². The second kappa shape index (κ2) is 5.85. The summed E-state index contributed by atoms with van der Waals surface area (Å²) in [5.74, 6) is -1.62. The molecule has 0 aliphatic rings. The summed E-state index contributed by atoms with van der Waals surface area (Å²) in [5, 5.41) is 8.44. The number of aliphatic hydroxyl groups excluding tert-OH is 1. The van der Waals surface area contributed by atoms with Crippen LogP contribution in [-0.4, -0.2) is 23.1 Å². The number of esters is 2. The second-order valence-corrected chi connectivity index (χ2v) is 1.59. The van der Waals surface area contributed by atoms with Crippen molar-refractivity contribution < 1.29 is 50.4 Å². The number of carbonyl (C=O) groups excluding carboxylic acids is 2. The maximum Gasteiger partial charge on any atom is 1.00 e. The summed E-state index contributed by atoms with van der Waals surface area (Å²) in [5.41, 5.74) is 0. The Bertz CT molecular complexity index is 136. The Morgan fingerprint density at radius 2 is 2.00 bits per heavy atom. The van der Waals surface area contributed by atoms with Crippen LogP contribution in [0.4, 0.5) is 0 Å². The third-order valence-corrected chi connectivity index (χ3v) is 0.585. The number of hydrogen-bond acceptors (Lipinski definition) is 4. The van der Waals surface area contributed by atoms with Gasteiger partial charge in [0.2, 0.25) is 0 Å².